The quantitative estimate of drug-likeness (QED) is 0.362. The van der Waals surface area contributed by atoms with Crippen LogP contribution < -0.4 is 5.32 Å². The summed E-state index contributed by atoms with van der Waals surface area (Å²) in [5.74, 6) is -0.337. The highest BCUT2D eigenvalue weighted by Crippen LogP contribution is 2.52. The number of fused-ring (bicyclic) bond motifs is 1. The number of rotatable bonds is 2. The number of carbonyl (C=O) groups is 1. The zero-order chi connectivity index (χ0) is 26.9. The molecule has 1 aliphatic carbocycles. The number of aromatic nitrogens is 2. The van der Waals surface area contributed by atoms with Crippen molar-refractivity contribution in [2.24, 2.45) is 5.41 Å². The summed E-state index contributed by atoms with van der Waals surface area (Å²) in [6.45, 7) is 10.1. The van der Waals surface area contributed by atoms with Crippen LogP contribution in [0.5, 0.6) is 0 Å². The third-order valence-corrected chi connectivity index (χ3v) is 7.04. The number of nitrogens with one attached hydrogen (secondary N) is 1. The van der Waals surface area contributed by atoms with Gasteiger partial charge >= 0.3 is 6.18 Å². The molecule has 2 aliphatic rings. The Kier molecular flexibility index (Phi) is 5.66. The molecule has 0 saturated heterocycles. The van der Waals surface area contributed by atoms with Crippen LogP contribution in [0.1, 0.15) is 75.8 Å². The monoisotopic (exact) mass is 511 g/mol. The minimum atomic E-state index is -4.46. The van der Waals surface area contributed by atoms with Gasteiger partial charge < -0.3 is 5.32 Å². The van der Waals surface area contributed by atoms with Gasteiger partial charge in [0.05, 0.1) is 16.9 Å². The van der Waals surface area contributed by atoms with Crippen LogP contribution in [0, 0.1) is 11.2 Å². The fraction of sp³-hybridized carbons (Fsp3) is 0.379. The van der Waals surface area contributed by atoms with E-state index in [1.165, 1.54) is 24.3 Å². The zero-order valence-corrected chi connectivity index (χ0v) is 21.4. The number of ketones is 1. The molecule has 1 aromatic heterocycles. The summed E-state index contributed by atoms with van der Waals surface area (Å²) in [6.07, 6.45) is -3.52. The van der Waals surface area contributed by atoms with Gasteiger partial charge in [0.1, 0.15) is 11.6 Å². The van der Waals surface area contributed by atoms with Crippen LogP contribution in [0.25, 0.3) is 5.69 Å². The Morgan fingerprint density at radius 3 is 2.16 bits per heavy atom. The van der Waals surface area contributed by atoms with Crippen LogP contribution in [-0.2, 0) is 16.4 Å². The third kappa shape index (κ3) is 4.47. The van der Waals surface area contributed by atoms with E-state index in [1.54, 1.807) is 16.8 Å². The highest BCUT2D eigenvalue weighted by Gasteiger charge is 2.45. The van der Waals surface area contributed by atoms with Crippen molar-refractivity contribution in [2.45, 2.75) is 65.0 Å². The summed E-state index contributed by atoms with van der Waals surface area (Å²) in [7, 11) is 0. The molecule has 3 aromatic rings. The Hall–Kier alpha value is -3.42. The topological polar surface area (TPSA) is 46.9 Å². The van der Waals surface area contributed by atoms with Crippen molar-refractivity contribution < 1.29 is 22.4 Å². The van der Waals surface area contributed by atoms with Gasteiger partial charge in [-0.05, 0) is 53.8 Å². The second kappa shape index (κ2) is 8.30. The third-order valence-electron chi connectivity index (χ3n) is 7.04. The lowest BCUT2D eigenvalue weighted by atomic mass is 9.68. The van der Waals surface area contributed by atoms with Crippen LogP contribution in [0.3, 0.4) is 0 Å². The predicted octanol–water partition coefficient (Wildman–Crippen LogP) is 7.53. The molecule has 37 heavy (non-hydrogen) atoms. The van der Waals surface area contributed by atoms with Gasteiger partial charge in [0.25, 0.3) is 0 Å². The van der Waals surface area contributed by atoms with Gasteiger partial charge in [-0.25, -0.2) is 9.07 Å². The number of hydrogen-bond donors (Lipinski definition) is 1. The molecule has 1 aliphatic heterocycles. The Balaban J connectivity index is 1.79. The summed E-state index contributed by atoms with van der Waals surface area (Å²) < 4.78 is 55.5. The number of carbonyl (C=O) groups excluding carboxylic acids is 1. The Bertz CT molecular complexity index is 1410. The molecule has 0 radical (unpaired) electrons. The fourth-order valence-electron chi connectivity index (χ4n) is 5.41. The second-order valence-electron chi connectivity index (χ2n) is 11.8. The zero-order valence-electron chi connectivity index (χ0n) is 21.4. The van der Waals surface area contributed by atoms with Gasteiger partial charge in [0, 0.05) is 34.6 Å². The number of anilines is 1. The molecular formula is C29H29F4N3O. The number of hydrogen-bond acceptors (Lipinski definition) is 3. The van der Waals surface area contributed by atoms with Crippen LogP contribution in [-0.4, -0.2) is 15.6 Å². The van der Waals surface area contributed by atoms with Crippen molar-refractivity contribution in [3.63, 3.8) is 0 Å². The summed E-state index contributed by atoms with van der Waals surface area (Å²) in [4.78, 5) is 13.6. The van der Waals surface area contributed by atoms with Crippen molar-refractivity contribution in [1.82, 2.24) is 9.78 Å². The molecule has 0 saturated carbocycles. The van der Waals surface area contributed by atoms with Gasteiger partial charge in [-0.3, -0.25) is 4.79 Å². The SMILES string of the molecule is CC1(C)CC(=O)C2=C(C1)Nc1c(c(C(C)(C)C)nn1-c1ccc(F)cc1)C2c1ccc(C(F)(F)F)cc1. The number of nitrogens with zero attached hydrogens (tertiary/aromatic N) is 2. The molecule has 0 spiro atoms. The lowest BCUT2D eigenvalue weighted by Gasteiger charge is -2.39. The van der Waals surface area contributed by atoms with Gasteiger partial charge in [-0.15, -0.1) is 0 Å². The van der Waals surface area contributed by atoms with Crippen molar-refractivity contribution >= 4 is 11.6 Å². The molecule has 0 fully saturated rings. The summed E-state index contributed by atoms with van der Waals surface area (Å²) in [5.41, 5.74) is 2.57. The molecule has 1 N–H and O–H groups in total. The molecule has 1 atom stereocenters. The molecule has 8 heteroatoms. The van der Waals surface area contributed by atoms with E-state index >= 15 is 0 Å². The minimum absolute atomic E-state index is 0.0244. The van der Waals surface area contributed by atoms with Gasteiger partial charge in [-0.2, -0.15) is 18.3 Å². The number of alkyl halides is 3. The molecule has 2 heterocycles. The molecule has 4 nitrogen and oxygen atoms in total. The Morgan fingerprint density at radius 1 is 0.973 bits per heavy atom. The number of Topliss-reactive ketones (excluding diaryl/α,β-unsaturated/α-hetero) is 1. The van der Waals surface area contributed by atoms with E-state index in [0.29, 0.717) is 41.2 Å². The molecule has 2 aromatic carbocycles. The second-order valence-corrected chi connectivity index (χ2v) is 11.8. The highest BCUT2D eigenvalue weighted by molar-refractivity contribution is 6.01. The Labute approximate surface area is 213 Å². The Morgan fingerprint density at radius 2 is 1.59 bits per heavy atom. The predicted molar refractivity (Wildman–Crippen MR) is 134 cm³/mol. The molecular weight excluding hydrogens is 482 g/mol. The van der Waals surface area contributed by atoms with Gasteiger partial charge in [-0.1, -0.05) is 46.8 Å². The highest BCUT2D eigenvalue weighted by atomic mass is 19.4. The van der Waals surface area contributed by atoms with E-state index < -0.39 is 23.1 Å². The largest absolute Gasteiger partial charge is 0.416 e. The van der Waals surface area contributed by atoms with Crippen molar-refractivity contribution in [3.05, 3.63) is 88.0 Å². The van der Waals surface area contributed by atoms with Crippen LogP contribution in [0.2, 0.25) is 0 Å². The number of halogens is 4. The van der Waals surface area contributed by atoms with E-state index in [2.05, 4.69) is 5.32 Å². The maximum Gasteiger partial charge on any atom is 0.416 e. The molecule has 1 unspecified atom stereocenters. The maximum atomic E-state index is 13.7. The van der Waals surface area contributed by atoms with Crippen LogP contribution >= 0.6 is 0 Å². The van der Waals surface area contributed by atoms with Crippen molar-refractivity contribution in [3.8, 4) is 5.69 Å². The standard InChI is InChI=1S/C29H29F4N3O/c1-27(2,3)25-24-22(16-6-8-17(9-7-16)29(31,32)33)23-20(14-28(4,5)15-21(23)37)34-26(24)36(35-25)19-12-10-18(30)11-13-19/h6-13,22,34H,14-15H2,1-5H3. The van der Waals surface area contributed by atoms with E-state index in [4.69, 9.17) is 5.10 Å². The van der Waals surface area contributed by atoms with Crippen molar-refractivity contribution in [2.75, 3.05) is 5.32 Å². The lowest BCUT2D eigenvalue weighted by molar-refractivity contribution is -0.137. The van der Waals surface area contributed by atoms with Gasteiger partial charge in [0.2, 0.25) is 0 Å². The maximum absolute atomic E-state index is 13.7. The molecule has 0 bridgehead atoms. The summed E-state index contributed by atoms with van der Waals surface area (Å²) in [5, 5.41) is 8.41. The van der Waals surface area contributed by atoms with E-state index in [0.717, 1.165) is 23.4 Å². The van der Waals surface area contributed by atoms with E-state index in [9.17, 15) is 22.4 Å². The average Bonchev–Trinajstić information content (AvgIpc) is 3.16. The first kappa shape index (κ1) is 25.2. The van der Waals surface area contributed by atoms with Crippen LogP contribution in [0.4, 0.5) is 23.4 Å². The number of allylic oxidation sites excluding steroid dienone is 2. The van der Waals surface area contributed by atoms with E-state index in [1.807, 2.05) is 34.6 Å². The minimum Gasteiger partial charge on any atom is -0.343 e. The first-order chi connectivity index (χ1) is 17.2. The summed E-state index contributed by atoms with van der Waals surface area (Å²) in [6, 6.07) is 11.0. The summed E-state index contributed by atoms with van der Waals surface area (Å²) >= 11 is 0. The molecule has 194 valence electrons. The van der Waals surface area contributed by atoms with Crippen molar-refractivity contribution in [1.29, 1.82) is 0 Å². The first-order valence-corrected chi connectivity index (χ1v) is 12.3. The smallest absolute Gasteiger partial charge is 0.343 e. The number of benzene rings is 2. The van der Waals surface area contributed by atoms with Gasteiger partial charge in [0.15, 0.2) is 5.78 Å². The average molecular weight is 512 g/mol. The fourth-order valence-corrected chi connectivity index (χ4v) is 5.41. The van der Waals surface area contributed by atoms with E-state index in [-0.39, 0.29) is 17.0 Å². The lowest BCUT2D eigenvalue weighted by Crippen LogP contribution is -2.34. The molecule has 5 rings (SSSR count). The molecule has 0 amide bonds. The van der Waals surface area contributed by atoms with Crippen LogP contribution in [0.15, 0.2) is 59.8 Å². The normalized spacial score (nSPS) is 19.4. The first-order valence-electron chi connectivity index (χ1n) is 12.3.